The molecule has 2 aliphatic heterocycles. The molecular formula is C11H16I2NO-. The first-order valence-corrected chi connectivity index (χ1v) is 9.59. The quantitative estimate of drug-likeness (QED) is 0.319. The molecule has 86 valence electrons. The number of nitrogens with zero attached hydrogens (tertiary/aromatic N) is 1. The average molecular weight is 432 g/mol. The Labute approximate surface area is 112 Å². The zero-order valence-electron chi connectivity index (χ0n) is 9.21. The molecule has 0 aromatic carbocycles. The van der Waals surface area contributed by atoms with Crippen LogP contribution in [0.4, 0.5) is 0 Å². The predicted molar refractivity (Wildman–Crippen MR) is 68.6 cm³/mol. The predicted octanol–water partition coefficient (Wildman–Crippen LogP) is -0.369. The molecule has 0 amide bonds. The van der Waals surface area contributed by atoms with Crippen LogP contribution in [-0.4, -0.2) is 23.9 Å². The Morgan fingerprint density at radius 1 is 1.67 bits per heavy atom. The third kappa shape index (κ3) is 2.63. The number of halogens is 2. The van der Waals surface area contributed by atoms with Crippen LogP contribution in [0.15, 0.2) is 21.4 Å². The zero-order valence-corrected chi connectivity index (χ0v) is 13.5. The topological polar surface area (TPSA) is 12.5 Å². The second-order valence-corrected chi connectivity index (χ2v) is 9.96. The van der Waals surface area contributed by atoms with E-state index in [2.05, 4.69) is 40.2 Å². The molecule has 2 atom stereocenters. The van der Waals surface area contributed by atoms with E-state index in [1.807, 2.05) is 0 Å². The molecule has 2 aliphatic rings. The van der Waals surface area contributed by atoms with Crippen LogP contribution in [0.2, 0.25) is 0 Å². The first kappa shape index (κ1) is 12.0. The maximum absolute atomic E-state index is 5.82. The molecule has 0 aromatic rings. The number of allylic oxidation sites excluding steroid dienone is 2. The molecular weight excluding hydrogens is 416 g/mol. The molecule has 0 radical (unpaired) electrons. The third-order valence-corrected chi connectivity index (χ3v) is 8.04. The van der Waals surface area contributed by atoms with Crippen molar-refractivity contribution in [2.75, 3.05) is 6.61 Å². The molecule has 2 rings (SSSR count). The van der Waals surface area contributed by atoms with E-state index in [0.29, 0.717) is 10.2 Å². The molecule has 0 bridgehead atoms. The minimum absolute atomic E-state index is 0.0265. The fourth-order valence-electron chi connectivity index (χ4n) is 1.67. The first-order chi connectivity index (χ1) is 7.22. The van der Waals surface area contributed by atoms with Gasteiger partial charge in [0.1, 0.15) is 0 Å². The van der Waals surface area contributed by atoms with Crippen molar-refractivity contribution in [1.82, 2.24) is 3.11 Å². The number of hydrogen-bond acceptors (Lipinski definition) is 2. The van der Waals surface area contributed by atoms with Crippen molar-refractivity contribution in [2.45, 2.75) is 30.9 Å². The molecule has 0 spiro atoms. The van der Waals surface area contributed by atoms with E-state index in [9.17, 15) is 0 Å². The zero-order chi connectivity index (χ0) is 10.8. The van der Waals surface area contributed by atoms with Crippen LogP contribution in [0.3, 0.4) is 0 Å². The van der Waals surface area contributed by atoms with Gasteiger partial charge in [-0.3, -0.25) is 0 Å². The summed E-state index contributed by atoms with van der Waals surface area (Å²) in [5.41, 5.74) is 1.48. The van der Waals surface area contributed by atoms with E-state index in [-0.39, 0.29) is 42.2 Å². The Bertz CT molecular complexity index is 335. The third-order valence-electron chi connectivity index (χ3n) is 2.39. The molecule has 2 nitrogen and oxygen atoms in total. The molecule has 15 heavy (non-hydrogen) atoms. The van der Waals surface area contributed by atoms with Crippen LogP contribution >= 0.6 is 20.7 Å². The van der Waals surface area contributed by atoms with Crippen molar-refractivity contribution in [1.29, 1.82) is 0 Å². The summed E-state index contributed by atoms with van der Waals surface area (Å²) >= 11 is 0.132. The number of ether oxygens (including phenoxy) is 1. The molecule has 4 heteroatoms. The van der Waals surface area contributed by atoms with Gasteiger partial charge in [0.25, 0.3) is 0 Å². The summed E-state index contributed by atoms with van der Waals surface area (Å²) in [6.45, 7) is 7.51. The van der Waals surface area contributed by atoms with Gasteiger partial charge in [0.05, 0.1) is 0 Å². The fourth-order valence-corrected chi connectivity index (χ4v) is 6.89. The molecule has 0 aliphatic carbocycles. The van der Waals surface area contributed by atoms with Gasteiger partial charge in [-0.2, -0.15) is 0 Å². The molecule has 1 unspecified atom stereocenters. The van der Waals surface area contributed by atoms with Crippen molar-refractivity contribution in [3.63, 3.8) is 0 Å². The van der Waals surface area contributed by atoms with Gasteiger partial charge in [0.15, 0.2) is 0 Å². The van der Waals surface area contributed by atoms with E-state index in [1.165, 1.54) is 5.57 Å². The monoisotopic (exact) mass is 432 g/mol. The molecule has 0 saturated carbocycles. The number of alkyl halides is 1. The summed E-state index contributed by atoms with van der Waals surface area (Å²) < 4.78 is 12.9. The number of hydrogen-bond donors (Lipinski definition) is 0. The number of rotatable bonds is 1. The van der Waals surface area contributed by atoms with E-state index in [1.54, 1.807) is 3.58 Å². The van der Waals surface area contributed by atoms with Crippen molar-refractivity contribution in [3.8, 4) is 0 Å². The Morgan fingerprint density at radius 3 is 3.20 bits per heavy atom. The van der Waals surface area contributed by atoms with Crippen LogP contribution in [-0.2, 0) is 4.74 Å². The molecule has 2 heterocycles. The Balaban J connectivity index is 2.24. The number of fused-ring (bicyclic) bond motifs is 1. The summed E-state index contributed by atoms with van der Waals surface area (Å²) in [6.07, 6.45) is 4.57. The van der Waals surface area contributed by atoms with E-state index in [0.717, 1.165) is 6.61 Å². The van der Waals surface area contributed by atoms with Gasteiger partial charge in [0.2, 0.25) is 0 Å². The van der Waals surface area contributed by atoms with Crippen molar-refractivity contribution in [3.05, 3.63) is 21.4 Å². The van der Waals surface area contributed by atoms with Crippen molar-refractivity contribution < 1.29 is 26.2 Å². The van der Waals surface area contributed by atoms with Gasteiger partial charge in [0, 0.05) is 0 Å². The van der Waals surface area contributed by atoms with Crippen LogP contribution < -0.4 is 21.5 Å². The molecule has 1 fully saturated rings. The van der Waals surface area contributed by atoms with Gasteiger partial charge < -0.3 is 0 Å². The van der Waals surface area contributed by atoms with Gasteiger partial charge in [-0.25, -0.2) is 0 Å². The molecule has 1 saturated heterocycles. The summed E-state index contributed by atoms with van der Waals surface area (Å²) in [5, 5.41) is 0. The Hall–Kier alpha value is 0.570. The van der Waals surface area contributed by atoms with Crippen LogP contribution in [0.25, 0.3) is 0 Å². The standard InChI is InChI=1S/C11H16I2NO/c1-4-12-11-8(2)5-6-14-10(11)7-15-9(3)13-14/h4-6,9-10H,7H2,1-3H3/q-1/t9-,10?/m0/s1. The maximum atomic E-state index is 5.82. The first-order valence-electron chi connectivity index (χ1n) is 5.06. The second-order valence-electron chi connectivity index (χ2n) is 3.51. The SMILES string of the molecule is CC=IC1=C(C)C=CN2[I-][C@H](C)OCC12. The van der Waals surface area contributed by atoms with E-state index < -0.39 is 0 Å². The molecule has 0 aromatic heterocycles. The van der Waals surface area contributed by atoms with Crippen LogP contribution in [0.5, 0.6) is 0 Å². The van der Waals surface area contributed by atoms with Gasteiger partial charge >= 0.3 is 113 Å². The van der Waals surface area contributed by atoms with Gasteiger partial charge in [-0.15, -0.1) is 0 Å². The van der Waals surface area contributed by atoms with Crippen molar-refractivity contribution in [2.24, 2.45) is 0 Å². The van der Waals surface area contributed by atoms with Crippen molar-refractivity contribution >= 4 is 24.7 Å². The normalized spacial score (nSPS) is 32.3. The van der Waals surface area contributed by atoms with E-state index >= 15 is 0 Å². The minimum atomic E-state index is 0.0265. The van der Waals surface area contributed by atoms with Gasteiger partial charge in [-0.05, 0) is 0 Å². The molecule has 0 N–H and O–H groups in total. The average Bonchev–Trinajstić information content (AvgIpc) is 2.22. The Morgan fingerprint density at radius 2 is 2.47 bits per heavy atom. The van der Waals surface area contributed by atoms with Crippen LogP contribution in [0.1, 0.15) is 20.8 Å². The summed E-state index contributed by atoms with van der Waals surface area (Å²) in [7, 11) is 0. The summed E-state index contributed by atoms with van der Waals surface area (Å²) in [4.78, 5) is 0. The van der Waals surface area contributed by atoms with E-state index in [4.69, 9.17) is 4.74 Å². The Kier molecular flexibility index (Phi) is 4.23. The summed E-state index contributed by atoms with van der Waals surface area (Å²) in [6, 6.07) is 0.572. The van der Waals surface area contributed by atoms with Gasteiger partial charge in [-0.1, -0.05) is 0 Å². The fraction of sp³-hybridized carbons (Fsp3) is 0.545. The summed E-state index contributed by atoms with van der Waals surface area (Å²) in [5.74, 6) is 0. The van der Waals surface area contributed by atoms with Crippen LogP contribution in [0, 0.1) is 0 Å². The second kappa shape index (κ2) is 5.27.